The van der Waals surface area contributed by atoms with Crippen LogP contribution in [0.5, 0.6) is 0 Å². The maximum Gasteiger partial charge on any atom is 0.383 e. The van der Waals surface area contributed by atoms with Crippen LogP contribution in [-0.2, 0) is 9.59 Å². The van der Waals surface area contributed by atoms with E-state index in [0.29, 0.717) is 0 Å². The number of aliphatic carboxylic acids is 1. The van der Waals surface area contributed by atoms with E-state index in [2.05, 4.69) is 0 Å². The van der Waals surface area contributed by atoms with E-state index in [1.807, 2.05) is 0 Å². The van der Waals surface area contributed by atoms with Crippen LogP contribution in [0.25, 0.3) is 0 Å². The molecule has 0 saturated carbocycles. The Hall–Kier alpha value is -2.12. The van der Waals surface area contributed by atoms with Crippen LogP contribution in [0.4, 0.5) is 17.6 Å². The first-order valence-electron chi connectivity index (χ1n) is 5.48. The standard InChI is InChI=1S/C12H11F4NO3/c13-10(14)12(15,16)11(20)17-8(6-9(18)19)7-4-2-1-3-5-7/h1-5,8,10H,6H2,(H,17,20)(H,18,19). The molecule has 1 aromatic rings. The van der Waals surface area contributed by atoms with Gasteiger partial charge in [-0.2, -0.15) is 8.78 Å². The van der Waals surface area contributed by atoms with Crippen molar-refractivity contribution in [3.05, 3.63) is 35.9 Å². The molecule has 1 rings (SSSR count). The molecule has 0 spiro atoms. The lowest BCUT2D eigenvalue weighted by Crippen LogP contribution is -2.46. The summed E-state index contributed by atoms with van der Waals surface area (Å²) in [5.41, 5.74) is 0.230. The van der Waals surface area contributed by atoms with Crippen LogP contribution in [0.15, 0.2) is 30.3 Å². The molecule has 2 N–H and O–H groups in total. The maximum atomic E-state index is 12.8. The molecule has 0 aliphatic carbocycles. The second-order valence-electron chi connectivity index (χ2n) is 3.96. The van der Waals surface area contributed by atoms with Gasteiger partial charge in [-0.1, -0.05) is 30.3 Å². The van der Waals surface area contributed by atoms with Gasteiger partial charge in [-0.25, -0.2) is 8.78 Å². The van der Waals surface area contributed by atoms with Gasteiger partial charge in [0.15, 0.2) is 0 Å². The van der Waals surface area contributed by atoms with Crippen LogP contribution in [0.3, 0.4) is 0 Å². The molecule has 110 valence electrons. The summed E-state index contributed by atoms with van der Waals surface area (Å²) < 4.78 is 49.8. The van der Waals surface area contributed by atoms with E-state index in [1.165, 1.54) is 24.3 Å². The van der Waals surface area contributed by atoms with Crippen molar-refractivity contribution in [2.75, 3.05) is 0 Å². The third-order valence-corrected chi connectivity index (χ3v) is 2.46. The predicted molar refractivity (Wildman–Crippen MR) is 60.5 cm³/mol. The van der Waals surface area contributed by atoms with E-state index < -0.39 is 36.7 Å². The Morgan fingerprint density at radius 1 is 1.20 bits per heavy atom. The monoisotopic (exact) mass is 293 g/mol. The SMILES string of the molecule is O=C(O)CC(NC(=O)C(F)(F)C(F)F)c1ccccc1. The largest absolute Gasteiger partial charge is 0.481 e. The average molecular weight is 293 g/mol. The average Bonchev–Trinajstić information content (AvgIpc) is 2.38. The second kappa shape index (κ2) is 6.36. The van der Waals surface area contributed by atoms with Gasteiger partial charge in [-0.05, 0) is 5.56 Å². The summed E-state index contributed by atoms with van der Waals surface area (Å²) in [5, 5.41) is 10.3. The lowest BCUT2D eigenvalue weighted by atomic mass is 10.0. The molecule has 1 atom stereocenters. The first-order chi connectivity index (χ1) is 9.25. The summed E-state index contributed by atoms with van der Waals surface area (Å²) in [5.74, 6) is -8.44. The molecule has 0 aromatic heterocycles. The van der Waals surface area contributed by atoms with E-state index in [9.17, 15) is 27.2 Å². The number of carboxylic acid groups (broad SMARTS) is 1. The van der Waals surface area contributed by atoms with Crippen molar-refractivity contribution in [2.24, 2.45) is 0 Å². The summed E-state index contributed by atoms with van der Waals surface area (Å²) in [7, 11) is 0. The van der Waals surface area contributed by atoms with E-state index in [-0.39, 0.29) is 5.56 Å². The molecule has 0 aliphatic rings. The zero-order valence-corrected chi connectivity index (χ0v) is 10.0. The zero-order chi connectivity index (χ0) is 15.3. The minimum atomic E-state index is -4.87. The molecule has 1 aromatic carbocycles. The van der Waals surface area contributed by atoms with Crippen molar-refractivity contribution in [3.63, 3.8) is 0 Å². The van der Waals surface area contributed by atoms with Crippen molar-refractivity contribution in [2.45, 2.75) is 24.8 Å². The van der Waals surface area contributed by atoms with Crippen LogP contribution < -0.4 is 5.32 Å². The number of rotatable bonds is 6. The Balaban J connectivity index is 2.92. The number of carbonyl (C=O) groups excluding carboxylic acids is 1. The highest BCUT2D eigenvalue weighted by Gasteiger charge is 2.49. The predicted octanol–water partition coefficient (Wildman–Crippen LogP) is 2.22. The zero-order valence-electron chi connectivity index (χ0n) is 10.0. The number of benzene rings is 1. The molecule has 0 aliphatic heterocycles. The van der Waals surface area contributed by atoms with Gasteiger partial charge in [0.25, 0.3) is 5.91 Å². The molecule has 0 radical (unpaired) electrons. The van der Waals surface area contributed by atoms with Gasteiger partial charge in [-0.15, -0.1) is 0 Å². The van der Waals surface area contributed by atoms with Crippen LogP contribution >= 0.6 is 0 Å². The fraction of sp³-hybridized carbons (Fsp3) is 0.333. The highest BCUT2D eigenvalue weighted by Crippen LogP contribution is 2.25. The number of nitrogens with one attached hydrogen (secondary N) is 1. The lowest BCUT2D eigenvalue weighted by molar-refractivity contribution is -0.170. The van der Waals surface area contributed by atoms with Gasteiger partial charge < -0.3 is 10.4 Å². The molecule has 1 unspecified atom stereocenters. The van der Waals surface area contributed by atoms with Gasteiger partial charge in [0, 0.05) is 0 Å². The van der Waals surface area contributed by atoms with E-state index >= 15 is 0 Å². The smallest absolute Gasteiger partial charge is 0.383 e. The Morgan fingerprint density at radius 2 is 1.75 bits per heavy atom. The highest BCUT2D eigenvalue weighted by molar-refractivity contribution is 5.84. The minimum absolute atomic E-state index is 0.230. The van der Waals surface area contributed by atoms with E-state index in [1.54, 1.807) is 11.4 Å². The van der Waals surface area contributed by atoms with E-state index in [0.717, 1.165) is 0 Å². The second-order valence-corrected chi connectivity index (χ2v) is 3.96. The number of amides is 1. The van der Waals surface area contributed by atoms with Crippen molar-refractivity contribution in [1.82, 2.24) is 5.32 Å². The topological polar surface area (TPSA) is 66.4 Å². The molecule has 20 heavy (non-hydrogen) atoms. The Morgan fingerprint density at radius 3 is 2.20 bits per heavy atom. The lowest BCUT2D eigenvalue weighted by Gasteiger charge is -2.21. The van der Waals surface area contributed by atoms with Gasteiger partial charge in [0.05, 0.1) is 12.5 Å². The number of halogens is 4. The van der Waals surface area contributed by atoms with Gasteiger partial charge in [0.1, 0.15) is 0 Å². The molecule has 0 bridgehead atoms. The van der Waals surface area contributed by atoms with Crippen LogP contribution in [0.1, 0.15) is 18.0 Å². The van der Waals surface area contributed by atoms with Crippen molar-refractivity contribution in [3.8, 4) is 0 Å². The number of carboxylic acids is 1. The van der Waals surface area contributed by atoms with Gasteiger partial charge in [0.2, 0.25) is 0 Å². The summed E-state index contributed by atoms with van der Waals surface area (Å²) in [4.78, 5) is 21.8. The molecule has 4 nitrogen and oxygen atoms in total. The number of hydrogen-bond donors (Lipinski definition) is 2. The van der Waals surface area contributed by atoms with Crippen LogP contribution in [-0.4, -0.2) is 29.3 Å². The van der Waals surface area contributed by atoms with Crippen molar-refractivity contribution < 1.29 is 32.3 Å². The van der Waals surface area contributed by atoms with Crippen LogP contribution in [0.2, 0.25) is 0 Å². The highest BCUT2D eigenvalue weighted by atomic mass is 19.3. The Bertz CT molecular complexity index is 479. The van der Waals surface area contributed by atoms with Crippen LogP contribution in [0, 0.1) is 0 Å². The van der Waals surface area contributed by atoms with Gasteiger partial charge >= 0.3 is 18.3 Å². The fourth-order valence-corrected chi connectivity index (χ4v) is 1.47. The summed E-state index contributed by atoms with van der Waals surface area (Å²) in [6.45, 7) is 0. The molecule has 0 heterocycles. The fourth-order valence-electron chi connectivity index (χ4n) is 1.47. The third kappa shape index (κ3) is 3.94. The Kier molecular flexibility index (Phi) is 5.06. The number of hydrogen-bond acceptors (Lipinski definition) is 2. The normalized spacial score (nSPS) is 13.1. The molecule has 8 heteroatoms. The maximum absolute atomic E-state index is 12.8. The van der Waals surface area contributed by atoms with E-state index in [4.69, 9.17) is 5.11 Å². The molecule has 0 fully saturated rings. The summed E-state index contributed by atoms with van der Waals surface area (Å²) >= 11 is 0. The van der Waals surface area contributed by atoms with Gasteiger partial charge in [-0.3, -0.25) is 9.59 Å². The number of alkyl halides is 4. The first-order valence-corrected chi connectivity index (χ1v) is 5.48. The van der Waals surface area contributed by atoms with Crippen molar-refractivity contribution >= 4 is 11.9 Å². The number of carbonyl (C=O) groups is 2. The quantitative estimate of drug-likeness (QED) is 0.790. The third-order valence-electron chi connectivity index (χ3n) is 2.46. The first kappa shape index (κ1) is 15.9. The molecular weight excluding hydrogens is 282 g/mol. The molecular formula is C12H11F4NO3. The molecule has 0 saturated heterocycles. The summed E-state index contributed by atoms with van der Waals surface area (Å²) in [6.07, 6.45) is -4.86. The minimum Gasteiger partial charge on any atom is -0.481 e. The Labute approximate surface area is 111 Å². The summed E-state index contributed by atoms with van der Waals surface area (Å²) in [6, 6.07) is 6.08. The van der Waals surface area contributed by atoms with Crippen molar-refractivity contribution in [1.29, 1.82) is 0 Å². The molecule has 1 amide bonds.